The van der Waals surface area contributed by atoms with E-state index in [1.807, 2.05) is 0 Å². The van der Waals surface area contributed by atoms with Crippen molar-refractivity contribution in [2.75, 3.05) is 0 Å². The first-order valence-electron chi connectivity index (χ1n) is 7.19. The predicted molar refractivity (Wildman–Crippen MR) is 85.5 cm³/mol. The second-order valence-corrected chi connectivity index (χ2v) is 5.08. The largest absolute Gasteiger partial charge is 0.422 e. The van der Waals surface area contributed by atoms with Gasteiger partial charge in [-0.1, -0.05) is 12.1 Å². The Hall–Kier alpha value is -3.62. The fourth-order valence-electron chi connectivity index (χ4n) is 2.13. The Balaban J connectivity index is 2.68. The first-order valence-corrected chi connectivity index (χ1v) is 7.19. The Morgan fingerprint density at radius 3 is 2.19 bits per heavy atom. The van der Waals surface area contributed by atoms with Gasteiger partial charge in [0.05, 0.1) is 10.5 Å². The van der Waals surface area contributed by atoms with Crippen LogP contribution in [0, 0.1) is 15.9 Å². The number of ketones is 1. The molecule has 0 aromatic heterocycles. The number of hydrogen-bond donors (Lipinski definition) is 0. The van der Waals surface area contributed by atoms with Crippen molar-refractivity contribution in [3.63, 3.8) is 0 Å². The molecule has 2 rings (SSSR count). The molecule has 134 valence electrons. The summed E-state index contributed by atoms with van der Waals surface area (Å²) in [6.45, 7) is 2.02. The standard InChI is InChI=1S/C17H12FNO7/c1-9(20)25-15-8-11(16(22)12-5-3-4-6-13(12)18)7-14(19(23)24)17(15)26-10(2)21/h3-8H,1-2H3. The topological polar surface area (TPSA) is 113 Å². The highest BCUT2D eigenvalue weighted by Gasteiger charge is 2.28. The highest BCUT2D eigenvalue weighted by Crippen LogP contribution is 2.39. The molecule has 0 unspecified atom stereocenters. The number of nitro benzene ring substituents is 1. The van der Waals surface area contributed by atoms with Crippen LogP contribution in [0.4, 0.5) is 10.1 Å². The van der Waals surface area contributed by atoms with Gasteiger partial charge in [0.25, 0.3) is 5.75 Å². The van der Waals surface area contributed by atoms with Gasteiger partial charge in [-0.25, -0.2) is 4.39 Å². The summed E-state index contributed by atoms with van der Waals surface area (Å²) >= 11 is 0. The molecule has 0 saturated heterocycles. The van der Waals surface area contributed by atoms with E-state index in [1.54, 1.807) is 0 Å². The van der Waals surface area contributed by atoms with Crippen molar-refractivity contribution in [3.05, 3.63) is 63.5 Å². The zero-order chi connectivity index (χ0) is 19.4. The van der Waals surface area contributed by atoms with E-state index in [2.05, 4.69) is 0 Å². The molecule has 0 aliphatic heterocycles. The van der Waals surface area contributed by atoms with Crippen LogP contribution < -0.4 is 9.47 Å². The average Bonchev–Trinajstić information content (AvgIpc) is 2.55. The van der Waals surface area contributed by atoms with Crippen molar-refractivity contribution in [2.45, 2.75) is 13.8 Å². The van der Waals surface area contributed by atoms with Gasteiger partial charge >= 0.3 is 17.6 Å². The average molecular weight is 361 g/mol. The Morgan fingerprint density at radius 1 is 1.04 bits per heavy atom. The van der Waals surface area contributed by atoms with Crippen LogP contribution in [0.3, 0.4) is 0 Å². The second-order valence-electron chi connectivity index (χ2n) is 5.08. The summed E-state index contributed by atoms with van der Waals surface area (Å²) in [5, 5.41) is 11.3. The number of rotatable bonds is 5. The molecule has 0 amide bonds. The molecule has 0 aliphatic carbocycles. The molecule has 26 heavy (non-hydrogen) atoms. The van der Waals surface area contributed by atoms with Crippen LogP contribution in [-0.4, -0.2) is 22.6 Å². The van der Waals surface area contributed by atoms with Crippen LogP contribution in [0.2, 0.25) is 0 Å². The monoisotopic (exact) mass is 361 g/mol. The highest BCUT2D eigenvalue weighted by molar-refractivity contribution is 6.10. The van der Waals surface area contributed by atoms with Crippen molar-refractivity contribution in [1.29, 1.82) is 0 Å². The molecule has 0 radical (unpaired) electrons. The fourth-order valence-corrected chi connectivity index (χ4v) is 2.13. The lowest BCUT2D eigenvalue weighted by atomic mass is 10.0. The highest BCUT2D eigenvalue weighted by atomic mass is 19.1. The first-order chi connectivity index (χ1) is 12.2. The lowest BCUT2D eigenvalue weighted by Crippen LogP contribution is -2.11. The van der Waals surface area contributed by atoms with Gasteiger partial charge in [0, 0.05) is 25.5 Å². The minimum Gasteiger partial charge on any atom is -0.422 e. The fraction of sp³-hybridized carbons (Fsp3) is 0.118. The van der Waals surface area contributed by atoms with Gasteiger partial charge in [-0.2, -0.15) is 0 Å². The maximum atomic E-state index is 13.8. The summed E-state index contributed by atoms with van der Waals surface area (Å²) in [6, 6.07) is 6.85. The molecule has 0 N–H and O–H groups in total. The number of nitrogens with zero attached hydrogens (tertiary/aromatic N) is 1. The van der Waals surface area contributed by atoms with E-state index in [9.17, 15) is 28.9 Å². The molecular formula is C17H12FNO7. The van der Waals surface area contributed by atoms with Gasteiger partial charge in [-0.15, -0.1) is 0 Å². The van der Waals surface area contributed by atoms with E-state index in [-0.39, 0.29) is 11.1 Å². The molecule has 0 spiro atoms. The molecule has 0 fully saturated rings. The number of benzene rings is 2. The lowest BCUT2D eigenvalue weighted by molar-refractivity contribution is -0.385. The SMILES string of the molecule is CC(=O)Oc1cc(C(=O)c2ccccc2F)cc([N+](=O)[O-])c1OC(C)=O. The Kier molecular flexibility index (Phi) is 5.41. The summed E-state index contributed by atoms with van der Waals surface area (Å²) in [4.78, 5) is 45.4. The summed E-state index contributed by atoms with van der Waals surface area (Å²) in [6.07, 6.45) is 0. The van der Waals surface area contributed by atoms with Gasteiger partial charge in [0.15, 0.2) is 11.5 Å². The van der Waals surface area contributed by atoms with Crippen LogP contribution in [0.5, 0.6) is 11.5 Å². The first kappa shape index (κ1) is 18.7. The number of carbonyl (C=O) groups excluding carboxylic acids is 3. The number of esters is 2. The molecule has 2 aromatic carbocycles. The van der Waals surface area contributed by atoms with E-state index in [1.165, 1.54) is 18.2 Å². The van der Waals surface area contributed by atoms with Crippen molar-refractivity contribution in [2.24, 2.45) is 0 Å². The minimum absolute atomic E-state index is 0.311. The second kappa shape index (κ2) is 7.51. The lowest BCUT2D eigenvalue weighted by Gasteiger charge is -2.11. The smallest absolute Gasteiger partial charge is 0.316 e. The van der Waals surface area contributed by atoms with E-state index in [0.29, 0.717) is 0 Å². The summed E-state index contributed by atoms with van der Waals surface area (Å²) in [5.41, 5.74) is -1.41. The third-order valence-electron chi connectivity index (χ3n) is 3.11. The van der Waals surface area contributed by atoms with Crippen molar-refractivity contribution >= 4 is 23.4 Å². The number of nitro groups is 1. The number of ether oxygens (including phenoxy) is 2. The van der Waals surface area contributed by atoms with Crippen molar-refractivity contribution in [3.8, 4) is 11.5 Å². The Bertz CT molecular complexity index is 923. The zero-order valence-corrected chi connectivity index (χ0v) is 13.6. The minimum atomic E-state index is -0.913. The summed E-state index contributed by atoms with van der Waals surface area (Å²) in [5.74, 6) is -4.56. The number of carbonyl (C=O) groups is 3. The summed E-state index contributed by atoms with van der Waals surface area (Å²) < 4.78 is 23.4. The van der Waals surface area contributed by atoms with Gasteiger partial charge in [0.2, 0.25) is 0 Å². The van der Waals surface area contributed by atoms with Gasteiger partial charge < -0.3 is 9.47 Å². The van der Waals surface area contributed by atoms with E-state index in [0.717, 1.165) is 32.0 Å². The van der Waals surface area contributed by atoms with E-state index >= 15 is 0 Å². The van der Waals surface area contributed by atoms with Gasteiger partial charge in [-0.05, 0) is 18.2 Å². The third-order valence-corrected chi connectivity index (χ3v) is 3.11. The van der Waals surface area contributed by atoms with E-state index in [4.69, 9.17) is 9.47 Å². The van der Waals surface area contributed by atoms with Crippen LogP contribution in [0.15, 0.2) is 36.4 Å². The number of hydrogen-bond acceptors (Lipinski definition) is 7. The Labute approximate surface area is 146 Å². The molecule has 9 heteroatoms. The van der Waals surface area contributed by atoms with Gasteiger partial charge in [-0.3, -0.25) is 24.5 Å². The normalized spacial score (nSPS) is 10.1. The number of halogens is 1. The Morgan fingerprint density at radius 2 is 1.65 bits per heavy atom. The van der Waals surface area contributed by atoms with Gasteiger partial charge in [0.1, 0.15) is 5.82 Å². The molecule has 0 bridgehead atoms. The molecule has 8 nitrogen and oxygen atoms in total. The van der Waals surface area contributed by atoms with Crippen LogP contribution >= 0.6 is 0 Å². The molecule has 2 aromatic rings. The third kappa shape index (κ3) is 4.07. The molecule has 0 aliphatic rings. The molecule has 0 saturated carbocycles. The molecule has 0 heterocycles. The maximum absolute atomic E-state index is 13.8. The van der Waals surface area contributed by atoms with E-state index < -0.39 is 45.6 Å². The van der Waals surface area contributed by atoms with Crippen molar-refractivity contribution in [1.82, 2.24) is 0 Å². The van der Waals surface area contributed by atoms with Crippen LogP contribution in [0.25, 0.3) is 0 Å². The summed E-state index contributed by atoms with van der Waals surface area (Å²) in [7, 11) is 0. The van der Waals surface area contributed by atoms with Crippen LogP contribution in [-0.2, 0) is 9.59 Å². The zero-order valence-electron chi connectivity index (χ0n) is 13.6. The maximum Gasteiger partial charge on any atom is 0.316 e. The molecule has 0 atom stereocenters. The quantitative estimate of drug-likeness (QED) is 0.264. The van der Waals surface area contributed by atoms with Crippen LogP contribution in [0.1, 0.15) is 29.8 Å². The molecular weight excluding hydrogens is 349 g/mol. The van der Waals surface area contributed by atoms with Crippen molar-refractivity contribution < 1.29 is 33.2 Å². The predicted octanol–water partition coefficient (Wildman–Crippen LogP) is 2.82.